The van der Waals surface area contributed by atoms with Gasteiger partial charge in [-0.3, -0.25) is 9.28 Å². The van der Waals surface area contributed by atoms with E-state index < -0.39 is 11.9 Å². The summed E-state index contributed by atoms with van der Waals surface area (Å²) in [5.41, 5.74) is 4.18. The highest BCUT2D eigenvalue weighted by atomic mass is 32.2. The van der Waals surface area contributed by atoms with Crippen LogP contribution in [-0.2, 0) is 30.4 Å². The van der Waals surface area contributed by atoms with Crippen LogP contribution < -0.4 is 0 Å². The number of esters is 1. The quantitative estimate of drug-likeness (QED) is 0.295. The van der Waals surface area contributed by atoms with Crippen molar-refractivity contribution in [2.45, 2.75) is 48.9 Å². The van der Waals surface area contributed by atoms with Gasteiger partial charge in [0.05, 0.1) is 19.7 Å². The first kappa shape index (κ1) is 24.3. The summed E-state index contributed by atoms with van der Waals surface area (Å²) in [4.78, 5) is 32.6. The third-order valence-electron chi connectivity index (χ3n) is 7.49. The third kappa shape index (κ3) is 3.60. The van der Waals surface area contributed by atoms with Crippen molar-refractivity contribution < 1.29 is 33.8 Å². The van der Waals surface area contributed by atoms with Gasteiger partial charge in [-0.2, -0.15) is 0 Å². The average Bonchev–Trinajstić information content (AvgIpc) is 3.51. The third-order valence-corrected chi connectivity index (χ3v) is 8.62. The van der Waals surface area contributed by atoms with Crippen LogP contribution in [0.3, 0.4) is 0 Å². The molecule has 8 heteroatoms. The molecule has 3 heterocycles. The van der Waals surface area contributed by atoms with Crippen LogP contribution in [0.5, 0.6) is 0 Å². The number of piperidine rings is 1. The number of carbonyl (C=O) groups excluding carboxylic acids is 1. The maximum atomic E-state index is 13.0. The molecule has 4 atom stereocenters. The SMILES string of the molecule is CCOC(=O)C1CCC[N@+]2(CC)C1[C@]21c2ccccc2CSc2ccccc21.O=C(O)C(=O)O. The molecule has 0 radical (unpaired) electrons. The minimum atomic E-state index is -1.82. The Balaban J connectivity index is 0.000000408. The molecule has 0 aliphatic carbocycles. The van der Waals surface area contributed by atoms with Crippen LogP contribution in [0.4, 0.5) is 0 Å². The smallest absolute Gasteiger partial charge is 0.414 e. The molecule has 0 bridgehead atoms. The van der Waals surface area contributed by atoms with E-state index in [-0.39, 0.29) is 23.5 Å². The second-order valence-electron chi connectivity index (χ2n) is 8.84. The molecule has 3 aliphatic rings. The predicted octanol–water partition coefficient (Wildman–Crippen LogP) is 3.88. The van der Waals surface area contributed by atoms with Gasteiger partial charge in [0, 0.05) is 21.8 Å². The van der Waals surface area contributed by atoms with Gasteiger partial charge in [-0.25, -0.2) is 9.59 Å². The van der Waals surface area contributed by atoms with Crippen LogP contribution >= 0.6 is 11.8 Å². The topological polar surface area (TPSA) is 101 Å². The van der Waals surface area contributed by atoms with Crippen LogP contribution in [0.15, 0.2) is 53.4 Å². The van der Waals surface area contributed by atoms with Crippen molar-refractivity contribution >= 4 is 29.7 Å². The number of benzene rings is 2. The van der Waals surface area contributed by atoms with E-state index in [0.29, 0.717) is 6.61 Å². The van der Waals surface area contributed by atoms with E-state index in [1.54, 1.807) is 0 Å². The van der Waals surface area contributed by atoms with Crippen molar-refractivity contribution in [2.24, 2.45) is 5.92 Å². The molecule has 2 saturated heterocycles. The summed E-state index contributed by atoms with van der Waals surface area (Å²) in [5, 5.41) is 14.8. The second-order valence-corrected chi connectivity index (χ2v) is 9.86. The van der Waals surface area contributed by atoms with Crippen molar-refractivity contribution in [1.29, 1.82) is 0 Å². The average molecular weight is 485 g/mol. The lowest BCUT2D eigenvalue weighted by atomic mass is 9.80. The van der Waals surface area contributed by atoms with E-state index in [2.05, 4.69) is 55.5 Å². The summed E-state index contributed by atoms with van der Waals surface area (Å²) >= 11 is 1.94. The maximum absolute atomic E-state index is 13.0. The van der Waals surface area contributed by atoms with Gasteiger partial charge in [0.15, 0.2) is 6.04 Å². The highest BCUT2D eigenvalue weighted by molar-refractivity contribution is 7.98. The first-order valence-corrected chi connectivity index (χ1v) is 12.6. The molecule has 34 heavy (non-hydrogen) atoms. The summed E-state index contributed by atoms with van der Waals surface area (Å²) in [7, 11) is 0. The Morgan fingerprint density at radius 1 is 1.03 bits per heavy atom. The molecular weight excluding hydrogens is 454 g/mol. The predicted molar refractivity (Wildman–Crippen MR) is 127 cm³/mol. The standard InChI is InChI=1S/C24H28NO2S.C2H2O4/c1-3-25-15-9-11-18(23(26)27-4-2)22(25)24(25)19-12-6-5-10-17(19)16-28-21-14-8-7-13-20(21)24;3-1(4)2(5)6/h5-8,10,12-14,18,22H,3-4,9,11,15-16H2,1-2H3;(H,3,4)(H,5,6)/q+1;/t18?,22?,24-,25-;/m1./s1. The van der Waals surface area contributed by atoms with Crippen LogP contribution in [0.1, 0.15) is 43.4 Å². The number of rotatable bonds is 3. The van der Waals surface area contributed by atoms with E-state index in [4.69, 9.17) is 24.5 Å². The Hall–Kier alpha value is -2.84. The van der Waals surface area contributed by atoms with E-state index >= 15 is 0 Å². The summed E-state index contributed by atoms with van der Waals surface area (Å²) in [6.07, 6.45) is 2.04. The van der Waals surface area contributed by atoms with E-state index in [1.807, 2.05) is 18.7 Å². The van der Waals surface area contributed by atoms with Crippen molar-refractivity contribution in [3.05, 3.63) is 65.2 Å². The van der Waals surface area contributed by atoms with Gasteiger partial charge in [-0.15, -0.1) is 11.8 Å². The Morgan fingerprint density at radius 3 is 2.32 bits per heavy atom. The van der Waals surface area contributed by atoms with Gasteiger partial charge in [-0.1, -0.05) is 42.5 Å². The molecular formula is C26H30NO6S+. The fraction of sp³-hybridized carbons (Fsp3) is 0.423. The number of carboxylic acid groups (broad SMARTS) is 2. The Morgan fingerprint density at radius 2 is 1.68 bits per heavy atom. The highest BCUT2D eigenvalue weighted by Gasteiger charge is 2.84. The lowest BCUT2D eigenvalue weighted by Gasteiger charge is -2.30. The summed E-state index contributed by atoms with van der Waals surface area (Å²) in [5.74, 6) is -2.66. The minimum absolute atomic E-state index is 0.00638. The molecule has 0 aromatic heterocycles. The summed E-state index contributed by atoms with van der Waals surface area (Å²) < 4.78 is 6.56. The van der Waals surface area contributed by atoms with Crippen molar-refractivity contribution in [2.75, 3.05) is 19.7 Å². The fourth-order valence-corrected chi connectivity index (χ4v) is 7.50. The Labute approximate surface area is 203 Å². The van der Waals surface area contributed by atoms with Gasteiger partial charge in [0.25, 0.3) is 0 Å². The van der Waals surface area contributed by atoms with Crippen molar-refractivity contribution in [1.82, 2.24) is 0 Å². The molecule has 2 N–H and O–H groups in total. The summed E-state index contributed by atoms with van der Waals surface area (Å²) in [6, 6.07) is 18.1. The normalized spacial score (nSPS) is 28.2. The molecule has 7 nitrogen and oxygen atoms in total. The zero-order valence-corrected chi connectivity index (χ0v) is 20.2. The molecule has 2 fully saturated rings. The molecule has 5 rings (SSSR count). The van der Waals surface area contributed by atoms with Crippen molar-refractivity contribution in [3.63, 3.8) is 0 Å². The number of aliphatic carboxylic acids is 2. The monoisotopic (exact) mass is 484 g/mol. The first-order chi connectivity index (χ1) is 16.3. The molecule has 0 amide bonds. The van der Waals surface area contributed by atoms with Crippen molar-refractivity contribution in [3.8, 4) is 0 Å². The molecule has 2 aromatic carbocycles. The number of ether oxygens (including phenoxy) is 1. The van der Waals surface area contributed by atoms with Gasteiger partial charge in [-0.05, 0) is 38.3 Å². The number of thioether (sulfide) groups is 1. The molecule has 2 unspecified atom stereocenters. The zero-order chi connectivity index (χ0) is 24.5. The van der Waals surface area contributed by atoms with Crippen LogP contribution in [0.25, 0.3) is 0 Å². The molecule has 0 saturated carbocycles. The lowest BCUT2D eigenvalue weighted by molar-refractivity contribution is -0.846. The number of fused-ring (bicyclic) bond motifs is 7. The van der Waals surface area contributed by atoms with Gasteiger partial charge < -0.3 is 14.9 Å². The van der Waals surface area contributed by atoms with Gasteiger partial charge in [0.1, 0.15) is 5.92 Å². The number of carbonyl (C=O) groups is 3. The van der Waals surface area contributed by atoms with E-state index in [9.17, 15) is 4.79 Å². The molecule has 2 aromatic rings. The minimum Gasteiger partial charge on any atom is -0.473 e. The number of carboxylic acids is 2. The largest absolute Gasteiger partial charge is 0.473 e. The number of hydrogen-bond donors (Lipinski definition) is 2. The molecule has 180 valence electrons. The highest BCUT2D eigenvalue weighted by Crippen LogP contribution is 2.69. The number of quaternary nitrogens is 1. The number of likely N-dealkylation sites (N-methyl/N-ethyl adjacent to an activating group) is 1. The van der Waals surface area contributed by atoms with E-state index in [0.717, 1.165) is 36.2 Å². The molecule has 1 spiro atoms. The maximum Gasteiger partial charge on any atom is 0.414 e. The van der Waals surface area contributed by atoms with E-state index in [1.165, 1.54) is 21.6 Å². The van der Waals surface area contributed by atoms with Crippen LogP contribution in [-0.4, -0.2) is 58.3 Å². The fourth-order valence-electron chi connectivity index (χ4n) is 6.38. The first-order valence-electron chi connectivity index (χ1n) is 11.7. The number of nitrogens with zero attached hydrogens (tertiary/aromatic N) is 1. The lowest BCUT2D eigenvalue weighted by Crippen LogP contribution is -2.41. The van der Waals surface area contributed by atoms with Crippen LogP contribution in [0, 0.1) is 5.92 Å². The van der Waals surface area contributed by atoms with Crippen LogP contribution in [0.2, 0.25) is 0 Å². The number of hydrogen-bond acceptors (Lipinski definition) is 5. The Kier molecular flexibility index (Phi) is 6.73. The van der Waals surface area contributed by atoms with Gasteiger partial charge >= 0.3 is 17.9 Å². The second kappa shape index (κ2) is 9.43. The molecule has 3 aliphatic heterocycles. The van der Waals surface area contributed by atoms with Gasteiger partial charge in [0.2, 0.25) is 5.54 Å². The Bertz CT molecular complexity index is 1060. The zero-order valence-electron chi connectivity index (χ0n) is 19.4. The summed E-state index contributed by atoms with van der Waals surface area (Å²) in [6.45, 7) is 6.87.